The molecule has 94 valence electrons. The third-order valence-corrected chi connectivity index (χ3v) is 4.41. The minimum atomic E-state index is 0.419. The van der Waals surface area contributed by atoms with E-state index in [0.29, 0.717) is 18.1 Å². The molecule has 2 aliphatic heterocycles. The van der Waals surface area contributed by atoms with Crippen LogP contribution in [0.1, 0.15) is 37.9 Å². The zero-order valence-corrected chi connectivity index (χ0v) is 10.5. The van der Waals surface area contributed by atoms with Crippen molar-refractivity contribution >= 4 is 0 Å². The molecule has 2 aliphatic rings. The first-order valence-electron chi connectivity index (χ1n) is 6.71. The van der Waals surface area contributed by atoms with Gasteiger partial charge in [0, 0.05) is 37.6 Å². The van der Waals surface area contributed by atoms with Crippen molar-refractivity contribution in [1.82, 2.24) is 14.5 Å². The van der Waals surface area contributed by atoms with Crippen LogP contribution in [-0.4, -0.2) is 32.6 Å². The molecule has 2 bridgehead atoms. The predicted octanol–water partition coefficient (Wildman–Crippen LogP) is 1.26. The summed E-state index contributed by atoms with van der Waals surface area (Å²) in [6.07, 6.45) is 10.3. The zero-order chi connectivity index (χ0) is 11.8. The van der Waals surface area contributed by atoms with Crippen LogP contribution >= 0.6 is 0 Å². The topological polar surface area (TPSA) is 47.1 Å². The molecule has 2 unspecified atom stereocenters. The van der Waals surface area contributed by atoms with Gasteiger partial charge in [-0.1, -0.05) is 6.42 Å². The van der Waals surface area contributed by atoms with Gasteiger partial charge in [0.1, 0.15) is 5.82 Å². The first kappa shape index (κ1) is 11.2. The Labute approximate surface area is 103 Å². The van der Waals surface area contributed by atoms with Crippen molar-refractivity contribution in [2.24, 2.45) is 12.8 Å². The predicted molar refractivity (Wildman–Crippen MR) is 67.4 cm³/mol. The Morgan fingerprint density at radius 2 is 2.06 bits per heavy atom. The van der Waals surface area contributed by atoms with Crippen molar-refractivity contribution in [2.75, 3.05) is 0 Å². The van der Waals surface area contributed by atoms with Crippen LogP contribution in [0.15, 0.2) is 12.4 Å². The van der Waals surface area contributed by atoms with Crippen molar-refractivity contribution in [1.29, 1.82) is 0 Å². The van der Waals surface area contributed by atoms with E-state index in [0.717, 1.165) is 6.54 Å². The van der Waals surface area contributed by atoms with Gasteiger partial charge in [0.25, 0.3) is 0 Å². The molecule has 2 atom stereocenters. The summed E-state index contributed by atoms with van der Waals surface area (Å²) in [5.74, 6) is 1.18. The van der Waals surface area contributed by atoms with Crippen molar-refractivity contribution in [3.63, 3.8) is 0 Å². The second-order valence-corrected chi connectivity index (χ2v) is 5.60. The van der Waals surface area contributed by atoms with Crippen LogP contribution in [0, 0.1) is 0 Å². The van der Waals surface area contributed by atoms with Gasteiger partial charge in [0.05, 0.1) is 6.54 Å². The molecule has 2 fully saturated rings. The number of hydrogen-bond acceptors (Lipinski definition) is 3. The molecule has 2 N–H and O–H groups in total. The lowest BCUT2D eigenvalue weighted by atomic mass is 9.82. The molecule has 2 saturated heterocycles. The summed E-state index contributed by atoms with van der Waals surface area (Å²) < 4.78 is 2.13. The molecule has 17 heavy (non-hydrogen) atoms. The largest absolute Gasteiger partial charge is 0.337 e. The van der Waals surface area contributed by atoms with Gasteiger partial charge in [0.15, 0.2) is 0 Å². The van der Waals surface area contributed by atoms with E-state index in [4.69, 9.17) is 5.73 Å². The SMILES string of the molecule is Cn1ccnc1CN1C2CCCC1CC(N)C2. The Kier molecular flexibility index (Phi) is 2.92. The molecular weight excluding hydrogens is 212 g/mol. The van der Waals surface area contributed by atoms with Gasteiger partial charge in [-0.25, -0.2) is 4.98 Å². The molecular formula is C13H22N4. The van der Waals surface area contributed by atoms with Gasteiger partial charge in [-0.2, -0.15) is 0 Å². The molecule has 0 aliphatic carbocycles. The molecule has 3 heterocycles. The minimum Gasteiger partial charge on any atom is -0.337 e. The van der Waals surface area contributed by atoms with Crippen LogP contribution in [0.4, 0.5) is 0 Å². The molecule has 0 spiro atoms. The Morgan fingerprint density at radius 3 is 2.65 bits per heavy atom. The number of aromatic nitrogens is 2. The van der Waals surface area contributed by atoms with Crippen molar-refractivity contribution < 1.29 is 0 Å². The zero-order valence-electron chi connectivity index (χ0n) is 10.5. The minimum absolute atomic E-state index is 0.419. The number of fused-ring (bicyclic) bond motifs is 2. The fourth-order valence-electron chi connectivity index (χ4n) is 3.49. The maximum Gasteiger partial charge on any atom is 0.122 e. The number of aryl methyl sites for hydroxylation is 1. The van der Waals surface area contributed by atoms with Crippen LogP contribution in [0.5, 0.6) is 0 Å². The third-order valence-electron chi connectivity index (χ3n) is 4.41. The van der Waals surface area contributed by atoms with Gasteiger partial charge in [-0.05, 0) is 25.7 Å². The van der Waals surface area contributed by atoms with Crippen LogP contribution in [0.25, 0.3) is 0 Å². The van der Waals surface area contributed by atoms with Crippen molar-refractivity contribution in [3.8, 4) is 0 Å². The molecule has 4 nitrogen and oxygen atoms in total. The maximum atomic E-state index is 6.14. The molecule has 0 radical (unpaired) electrons. The highest BCUT2D eigenvalue weighted by Gasteiger charge is 2.37. The van der Waals surface area contributed by atoms with Crippen LogP contribution in [-0.2, 0) is 13.6 Å². The summed E-state index contributed by atoms with van der Waals surface area (Å²) in [6.45, 7) is 0.992. The van der Waals surface area contributed by atoms with Crippen LogP contribution in [0.3, 0.4) is 0 Å². The fourth-order valence-corrected chi connectivity index (χ4v) is 3.49. The molecule has 4 heteroatoms. The van der Waals surface area contributed by atoms with Crippen LogP contribution < -0.4 is 5.73 Å². The maximum absolute atomic E-state index is 6.14. The summed E-state index contributed by atoms with van der Waals surface area (Å²) in [5, 5.41) is 0. The second kappa shape index (κ2) is 4.42. The normalized spacial score (nSPS) is 33.9. The summed E-state index contributed by atoms with van der Waals surface area (Å²) in [5.41, 5.74) is 6.14. The molecule has 0 aromatic carbocycles. The first-order valence-corrected chi connectivity index (χ1v) is 6.71. The number of piperidine rings is 2. The number of rotatable bonds is 2. The summed E-state index contributed by atoms with van der Waals surface area (Å²) >= 11 is 0. The van der Waals surface area contributed by atoms with Gasteiger partial charge >= 0.3 is 0 Å². The van der Waals surface area contributed by atoms with Crippen molar-refractivity contribution in [3.05, 3.63) is 18.2 Å². The Morgan fingerprint density at radius 1 is 1.35 bits per heavy atom. The number of hydrogen-bond donors (Lipinski definition) is 1. The van der Waals surface area contributed by atoms with Gasteiger partial charge in [-0.15, -0.1) is 0 Å². The summed E-state index contributed by atoms with van der Waals surface area (Å²) in [6, 6.07) is 1.80. The highest BCUT2D eigenvalue weighted by Crippen LogP contribution is 2.34. The van der Waals surface area contributed by atoms with E-state index in [-0.39, 0.29) is 0 Å². The van der Waals surface area contributed by atoms with Crippen molar-refractivity contribution in [2.45, 2.75) is 56.8 Å². The Bertz CT molecular complexity index is 373. The van der Waals surface area contributed by atoms with Gasteiger partial charge in [0.2, 0.25) is 0 Å². The highest BCUT2D eigenvalue weighted by atomic mass is 15.2. The van der Waals surface area contributed by atoms with Gasteiger partial charge < -0.3 is 10.3 Å². The lowest BCUT2D eigenvalue weighted by molar-refractivity contribution is 0.0218. The van der Waals surface area contributed by atoms with E-state index in [1.54, 1.807) is 0 Å². The second-order valence-electron chi connectivity index (χ2n) is 5.60. The molecule has 0 amide bonds. The lowest BCUT2D eigenvalue weighted by Crippen LogP contribution is -2.54. The number of imidazole rings is 1. The molecule has 3 rings (SSSR count). The molecule has 1 aromatic heterocycles. The first-order chi connectivity index (χ1) is 8.24. The molecule has 0 saturated carbocycles. The highest BCUT2D eigenvalue weighted by molar-refractivity contribution is 4.98. The van der Waals surface area contributed by atoms with E-state index < -0.39 is 0 Å². The van der Waals surface area contributed by atoms with E-state index in [1.807, 2.05) is 12.4 Å². The lowest BCUT2D eigenvalue weighted by Gasteiger charge is -2.48. The Balaban J connectivity index is 1.76. The van der Waals surface area contributed by atoms with Crippen LogP contribution in [0.2, 0.25) is 0 Å². The molecule has 1 aromatic rings. The Hall–Kier alpha value is -0.870. The smallest absolute Gasteiger partial charge is 0.122 e. The summed E-state index contributed by atoms with van der Waals surface area (Å²) in [4.78, 5) is 7.09. The van der Waals surface area contributed by atoms with E-state index in [2.05, 4.69) is 21.5 Å². The summed E-state index contributed by atoms with van der Waals surface area (Å²) in [7, 11) is 2.08. The van der Waals surface area contributed by atoms with E-state index in [1.165, 1.54) is 37.9 Å². The van der Waals surface area contributed by atoms with E-state index >= 15 is 0 Å². The van der Waals surface area contributed by atoms with E-state index in [9.17, 15) is 0 Å². The number of nitrogens with zero attached hydrogens (tertiary/aromatic N) is 3. The standard InChI is InChI=1S/C13H22N4/c1-16-6-5-15-13(16)9-17-11-3-2-4-12(17)8-10(14)7-11/h5-6,10-12H,2-4,7-9,14H2,1H3. The average molecular weight is 234 g/mol. The average Bonchev–Trinajstić information content (AvgIpc) is 2.66. The third kappa shape index (κ3) is 2.11. The quantitative estimate of drug-likeness (QED) is 0.838. The van der Waals surface area contributed by atoms with Gasteiger partial charge in [-0.3, -0.25) is 4.90 Å². The monoisotopic (exact) mass is 234 g/mol. The number of nitrogens with two attached hydrogens (primary N) is 1. The fraction of sp³-hybridized carbons (Fsp3) is 0.769.